The van der Waals surface area contributed by atoms with Gasteiger partial charge in [-0.25, -0.2) is 0 Å². The van der Waals surface area contributed by atoms with Crippen molar-refractivity contribution >= 4 is 34.8 Å². The minimum absolute atomic E-state index is 0.141. The summed E-state index contributed by atoms with van der Waals surface area (Å²) in [4.78, 5) is 12.4. The molecule has 0 saturated carbocycles. The molecule has 1 heterocycles. The van der Waals surface area contributed by atoms with E-state index in [4.69, 9.17) is 29.0 Å². The molecule has 3 rings (SSSR count). The molecule has 24 heavy (non-hydrogen) atoms. The number of aromatic nitrogens is 3. The molecular formula is C16H13Cl2N5O. The van der Waals surface area contributed by atoms with Crippen LogP contribution in [0.1, 0.15) is 11.3 Å². The topological polar surface area (TPSA) is 85.8 Å². The molecule has 0 aliphatic rings. The lowest BCUT2D eigenvalue weighted by atomic mass is 10.1. The van der Waals surface area contributed by atoms with Gasteiger partial charge in [0.1, 0.15) is 5.69 Å². The van der Waals surface area contributed by atoms with E-state index in [1.165, 1.54) is 0 Å². The van der Waals surface area contributed by atoms with E-state index >= 15 is 0 Å². The van der Waals surface area contributed by atoms with E-state index in [0.717, 1.165) is 10.2 Å². The monoisotopic (exact) mass is 361 g/mol. The molecule has 0 aliphatic carbocycles. The highest BCUT2D eigenvalue weighted by atomic mass is 35.5. The quantitative estimate of drug-likeness (QED) is 0.697. The van der Waals surface area contributed by atoms with Gasteiger partial charge < -0.3 is 11.2 Å². The van der Waals surface area contributed by atoms with E-state index in [1.54, 1.807) is 36.4 Å². The Labute approximate surface area is 147 Å². The van der Waals surface area contributed by atoms with E-state index in [0.29, 0.717) is 22.2 Å². The Bertz CT molecular complexity index is 907. The summed E-state index contributed by atoms with van der Waals surface area (Å²) >= 11 is 11.7. The lowest BCUT2D eigenvalue weighted by Gasteiger charge is -2.10. The molecule has 3 aromatic rings. The number of nitrogens with two attached hydrogens (primary N) is 1. The highest BCUT2D eigenvalue weighted by Crippen LogP contribution is 2.16. The average Bonchev–Trinajstić information content (AvgIpc) is 2.58. The number of nitrogens with zero attached hydrogens (tertiary/aromatic N) is 3. The largest absolute Gasteiger partial charge is 0.333 e. The van der Waals surface area contributed by atoms with Gasteiger partial charge in [-0.15, -0.1) is 10.2 Å². The Balaban J connectivity index is 1.84. The van der Waals surface area contributed by atoms with Crippen molar-refractivity contribution in [3.8, 4) is 0 Å². The standard InChI is InChI=1S/C16H13Cl2N5O/c17-11-3-1-10(2-4-11)9-14-15(24)23(19)16(22-21-14)20-13-7-5-12(18)6-8-13/h1-8H,9,19H2,(H,20,22). The first-order valence-electron chi connectivity index (χ1n) is 7.03. The summed E-state index contributed by atoms with van der Waals surface area (Å²) < 4.78 is 0.937. The van der Waals surface area contributed by atoms with Crippen LogP contribution in [0.2, 0.25) is 10.0 Å². The van der Waals surface area contributed by atoms with Gasteiger partial charge in [-0.3, -0.25) is 4.79 Å². The Morgan fingerprint density at radius 3 is 2.17 bits per heavy atom. The molecule has 0 saturated heterocycles. The molecule has 0 unspecified atom stereocenters. The van der Waals surface area contributed by atoms with Crippen LogP contribution >= 0.6 is 23.2 Å². The first kappa shape index (κ1) is 16.3. The molecule has 1 aromatic heterocycles. The highest BCUT2D eigenvalue weighted by Gasteiger charge is 2.11. The van der Waals surface area contributed by atoms with Crippen LogP contribution in [0.4, 0.5) is 11.6 Å². The fourth-order valence-corrected chi connectivity index (χ4v) is 2.34. The van der Waals surface area contributed by atoms with Crippen LogP contribution in [0.5, 0.6) is 0 Å². The fourth-order valence-electron chi connectivity index (χ4n) is 2.09. The predicted octanol–water partition coefficient (Wildman–Crippen LogP) is 2.99. The first-order valence-corrected chi connectivity index (χ1v) is 7.79. The second-order valence-electron chi connectivity index (χ2n) is 5.08. The molecule has 0 aliphatic heterocycles. The number of nitrogens with one attached hydrogen (secondary N) is 1. The highest BCUT2D eigenvalue weighted by molar-refractivity contribution is 6.30. The molecule has 6 nitrogen and oxygen atoms in total. The molecule has 0 spiro atoms. The van der Waals surface area contributed by atoms with Gasteiger partial charge >= 0.3 is 0 Å². The number of nitrogen functional groups attached to an aromatic ring is 1. The van der Waals surface area contributed by atoms with Crippen LogP contribution in [0, 0.1) is 0 Å². The molecular weight excluding hydrogens is 349 g/mol. The third-order valence-corrected chi connectivity index (χ3v) is 3.85. The summed E-state index contributed by atoms with van der Waals surface area (Å²) in [5.41, 5.74) is 1.42. The van der Waals surface area contributed by atoms with Crippen molar-refractivity contribution in [2.75, 3.05) is 11.2 Å². The van der Waals surface area contributed by atoms with Crippen molar-refractivity contribution in [2.24, 2.45) is 0 Å². The molecule has 2 aromatic carbocycles. The number of halogens is 2. The number of hydrogen-bond donors (Lipinski definition) is 2. The maximum Gasteiger partial charge on any atom is 0.295 e. The third-order valence-electron chi connectivity index (χ3n) is 3.34. The molecule has 0 atom stereocenters. The summed E-state index contributed by atoms with van der Waals surface area (Å²) in [6.45, 7) is 0. The molecule has 0 radical (unpaired) electrons. The van der Waals surface area contributed by atoms with E-state index in [1.807, 2.05) is 12.1 Å². The molecule has 0 amide bonds. The number of hydrogen-bond acceptors (Lipinski definition) is 5. The minimum Gasteiger partial charge on any atom is -0.333 e. The molecule has 3 N–H and O–H groups in total. The fraction of sp³-hybridized carbons (Fsp3) is 0.0625. The van der Waals surface area contributed by atoms with Crippen molar-refractivity contribution < 1.29 is 0 Å². The zero-order valence-electron chi connectivity index (χ0n) is 12.4. The zero-order chi connectivity index (χ0) is 17.1. The second-order valence-corrected chi connectivity index (χ2v) is 5.95. The summed E-state index contributed by atoms with van der Waals surface area (Å²) in [6.07, 6.45) is 0.321. The summed E-state index contributed by atoms with van der Waals surface area (Å²) in [5, 5.41) is 12.1. The van der Waals surface area contributed by atoms with E-state index in [-0.39, 0.29) is 11.6 Å². The summed E-state index contributed by atoms with van der Waals surface area (Å²) in [7, 11) is 0. The smallest absolute Gasteiger partial charge is 0.295 e. The van der Waals surface area contributed by atoms with Crippen molar-refractivity contribution in [3.05, 3.63) is 80.2 Å². The lowest BCUT2D eigenvalue weighted by Crippen LogP contribution is -2.34. The van der Waals surface area contributed by atoms with Crippen LogP contribution in [0.3, 0.4) is 0 Å². The van der Waals surface area contributed by atoms with Crippen molar-refractivity contribution in [1.82, 2.24) is 14.9 Å². The van der Waals surface area contributed by atoms with Crippen LogP contribution in [0.15, 0.2) is 53.3 Å². The van der Waals surface area contributed by atoms with Gasteiger partial charge in [0.25, 0.3) is 5.56 Å². The Morgan fingerprint density at radius 1 is 0.958 bits per heavy atom. The Hall–Kier alpha value is -2.57. The SMILES string of the molecule is Nn1c(Nc2ccc(Cl)cc2)nnc(Cc2ccc(Cl)cc2)c1=O. The van der Waals surface area contributed by atoms with Gasteiger partial charge in [0, 0.05) is 22.2 Å². The second kappa shape index (κ2) is 6.90. The predicted molar refractivity (Wildman–Crippen MR) is 95.4 cm³/mol. The first-order chi connectivity index (χ1) is 11.5. The maximum absolute atomic E-state index is 12.4. The van der Waals surface area contributed by atoms with Crippen LogP contribution < -0.4 is 16.7 Å². The van der Waals surface area contributed by atoms with Crippen molar-refractivity contribution in [1.29, 1.82) is 0 Å². The van der Waals surface area contributed by atoms with Crippen molar-refractivity contribution in [2.45, 2.75) is 6.42 Å². The zero-order valence-corrected chi connectivity index (χ0v) is 13.9. The van der Waals surface area contributed by atoms with Gasteiger partial charge in [-0.1, -0.05) is 35.3 Å². The van der Waals surface area contributed by atoms with Gasteiger partial charge in [0.15, 0.2) is 0 Å². The molecule has 122 valence electrons. The van der Waals surface area contributed by atoms with Gasteiger partial charge in [-0.2, -0.15) is 4.68 Å². The number of rotatable bonds is 4. The normalized spacial score (nSPS) is 10.6. The maximum atomic E-state index is 12.4. The summed E-state index contributed by atoms with van der Waals surface area (Å²) in [6, 6.07) is 14.1. The minimum atomic E-state index is -0.420. The number of anilines is 2. The van der Waals surface area contributed by atoms with Crippen LogP contribution in [0.25, 0.3) is 0 Å². The van der Waals surface area contributed by atoms with Crippen LogP contribution in [-0.4, -0.2) is 14.9 Å². The van der Waals surface area contributed by atoms with Gasteiger partial charge in [0.05, 0.1) is 0 Å². The van der Waals surface area contributed by atoms with Crippen molar-refractivity contribution in [3.63, 3.8) is 0 Å². The summed E-state index contributed by atoms with van der Waals surface area (Å²) in [5.74, 6) is 5.97. The Kier molecular flexibility index (Phi) is 4.69. The van der Waals surface area contributed by atoms with Gasteiger partial charge in [0.2, 0.25) is 5.95 Å². The number of benzene rings is 2. The van der Waals surface area contributed by atoms with E-state index in [2.05, 4.69) is 15.5 Å². The van der Waals surface area contributed by atoms with E-state index < -0.39 is 5.56 Å². The third kappa shape index (κ3) is 3.67. The van der Waals surface area contributed by atoms with Gasteiger partial charge in [-0.05, 0) is 42.0 Å². The average molecular weight is 362 g/mol. The van der Waals surface area contributed by atoms with Crippen LogP contribution in [-0.2, 0) is 6.42 Å². The molecule has 0 fully saturated rings. The molecule has 0 bridgehead atoms. The molecule has 8 heteroatoms. The lowest BCUT2D eigenvalue weighted by molar-refractivity contribution is 0.789. The van der Waals surface area contributed by atoms with E-state index in [9.17, 15) is 4.79 Å². The Morgan fingerprint density at radius 2 is 1.54 bits per heavy atom.